The molecule has 2 aromatic rings. The Morgan fingerprint density at radius 2 is 1.88 bits per heavy atom. The monoisotopic (exact) mass is 342 g/mol. The molecule has 0 aliphatic rings. The van der Waals surface area contributed by atoms with Gasteiger partial charge in [0.2, 0.25) is 0 Å². The van der Waals surface area contributed by atoms with Gasteiger partial charge in [0, 0.05) is 18.6 Å². The number of carboxylic acids is 1. The third-order valence-corrected chi connectivity index (χ3v) is 3.26. The molecule has 10 heteroatoms. The van der Waals surface area contributed by atoms with Gasteiger partial charge in [-0.05, 0) is 19.9 Å². The van der Waals surface area contributed by atoms with Gasteiger partial charge in [0.1, 0.15) is 0 Å². The first-order valence-corrected chi connectivity index (χ1v) is 6.64. The molecular weight excluding hydrogens is 329 g/mol. The van der Waals surface area contributed by atoms with Crippen LogP contribution in [0.3, 0.4) is 0 Å². The van der Waals surface area contributed by atoms with Gasteiger partial charge in [-0.25, -0.2) is 4.79 Å². The summed E-state index contributed by atoms with van der Waals surface area (Å²) in [5.41, 5.74) is -2.53. The van der Waals surface area contributed by atoms with Crippen LogP contribution in [0, 0.1) is 0 Å². The summed E-state index contributed by atoms with van der Waals surface area (Å²) in [5, 5.41) is 15.3. The van der Waals surface area contributed by atoms with E-state index in [2.05, 4.69) is 15.4 Å². The van der Waals surface area contributed by atoms with Crippen molar-refractivity contribution in [2.45, 2.75) is 25.6 Å². The fourth-order valence-electron chi connectivity index (χ4n) is 1.71. The van der Waals surface area contributed by atoms with Crippen LogP contribution in [0.15, 0.2) is 30.9 Å². The van der Waals surface area contributed by atoms with Crippen molar-refractivity contribution < 1.29 is 27.9 Å². The normalized spacial score (nSPS) is 12.0. The SMILES string of the molecule is CC(C)(C(=O)O)n1cc(NC(=O)c2cncc(C(F)(F)F)c2)cn1. The first-order valence-electron chi connectivity index (χ1n) is 6.64. The maximum atomic E-state index is 12.6. The van der Waals surface area contributed by atoms with Crippen molar-refractivity contribution in [2.24, 2.45) is 0 Å². The number of nitrogens with one attached hydrogen (secondary N) is 1. The van der Waals surface area contributed by atoms with E-state index in [9.17, 15) is 22.8 Å². The van der Waals surface area contributed by atoms with E-state index in [1.807, 2.05) is 0 Å². The number of rotatable bonds is 4. The Bertz CT molecular complexity index is 784. The maximum absolute atomic E-state index is 12.6. The molecule has 2 aromatic heterocycles. The standard InChI is InChI=1S/C14H13F3N4O3/c1-13(2,12(23)24)21-7-10(6-19-21)20-11(22)8-3-9(5-18-4-8)14(15,16)17/h3-7H,1-2H3,(H,20,22)(H,23,24). The first-order chi connectivity index (χ1) is 11.0. The van der Waals surface area contributed by atoms with Crippen LogP contribution in [0.2, 0.25) is 0 Å². The summed E-state index contributed by atoms with van der Waals surface area (Å²) < 4.78 is 39.0. The molecule has 0 fully saturated rings. The summed E-state index contributed by atoms with van der Waals surface area (Å²) in [5.74, 6) is -1.95. The minimum Gasteiger partial charge on any atom is -0.479 e. The number of halogens is 3. The van der Waals surface area contributed by atoms with Crippen LogP contribution in [0.1, 0.15) is 29.8 Å². The number of carbonyl (C=O) groups excluding carboxylic acids is 1. The largest absolute Gasteiger partial charge is 0.479 e. The number of anilines is 1. The highest BCUT2D eigenvalue weighted by molar-refractivity contribution is 6.04. The van der Waals surface area contributed by atoms with Gasteiger partial charge in [-0.2, -0.15) is 18.3 Å². The minimum atomic E-state index is -4.61. The van der Waals surface area contributed by atoms with Crippen molar-refractivity contribution in [3.05, 3.63) is 42.0 Å². The molecule has 1 amide bonds. The van der Waals surface area contributed by atoms with Crippen LogP contribution < -0.4 is 5.32 Å². The first kappa shape index (κ1) is 17.4. The summed E-state index contributed by atoms with van der Waals surface area (Å²) in [6.45, 7) is 2.81. The quantitative estimate of drug-likeness (QED) is 0.889. The summed E-state index contributed by atoms with van der Waals surface area (Å²) in [7, 11) is 0. The third-order valence-electron chi connectivity index (χ3n) is 3.26. The number of hydrogen-bond acceptors (Lipinski definition) is 4. The van der Waals surface area contributed by atoms with Crippen molar-refractivity contribution in [1.29, 1.82) is 0 Å². The zero-order valence-electron chi connectivity index (χ0n) is 12.6. The number of pyridine rings is 1. The molecule has 0 saturated heterocycles. The van der Waals surface area contributed by atoms with Gasteiger partial charge in [-0.3, -0.25) is 14.5 Å². The highest BCUT2D eigenvalue weighted by atomic mass is 19.4. The molecule has 2 N–H and O–H groups in total. The Balaban J connectivity index is 2.20. The molecule has 0 bridgehead atoms. The summed E-state index contributed by atoms with van der Waals surface area (Å²) >= 11 is 0. The van der Waals surface area contributed by atoms with Gasteiger partial charge in [-0.15, -0.1) is 0 Å². The summed E-state index contributed by atoms with van der Waals surface area (Å²) in [6, 6.07) is 0.675. The third kappa shape index (κ3) is 3.53. The average Bonchev–Trinajstić information content (AvgIpc) is 2.95. The minimum absolute atomic E-state index is 0.145. The molecule has 0 aromatic carbocycles. The van der Waals surface area contributed by atoms with E-state index in [1.165, 1.54) is 26.2 Å². The zero-order valence-corrected chi connectivity index (χ0v) is 12.6. The van der Waals surface area contributed by atoms with Crippen LogP contribution in [-0.2, 0) is 16.5 Å². The molecule has 128 valence electrons. The lowest BCUT2D eigenvalue weighted by Gasteiger charge is -2.19. The van der Waals surface area contributed by atoms with Crippen LogP contribution >= 0.6 is 0 Å². The molecule has 0 spiro atoms. The van der Waals surface area contributed by atoms with Gasteiger partial charge in [0.05, 0.1) is 23.0 Å². The van der Waals surface area contributed by atoms with Crippen LogP contribution in [0.4, 0.5) is 18.9 Å². The van der Waals surface area contributed by atoms with E-state index >= 15 is 0 Å². The number of hydrogen-bond donors (Lipinski definition) is 2. The molecular formula is C14H13F3N4O3. The predicted octanol–water partition coefficient (Wildman–Crippen LogP) is 2.37. The lowest BCUT2D eigenvalue weighted by molar-refractivity contribution is -0.146. The van der Waals surface area contributed by atoms with E-state index in [0.29, 0.717) is 12.3 Å². The van der Waals surface area contributed by atoms with E-state index in [-0.39, 0.29) is 11.3 Å². The van der Waals surface area contributed by atoms with Crippen molar-refractivity contribution in [1.82, 2.24) is 14.8 Å². The molecule has 2 rings (SSSR count). The molecule has 24 heavy (non-hydrogen) atoms. The zero-order chi connectivity index (χ0) is 18.1. The molecule has 2 heterocycles. The van der Waals surface area contributed by atoms with Crippen LogP contribution in [0.5, 0.6) is 0 Å². The second-order valence-electron chi connectivity index (χ2n) is 5.45. The molecule has 0 aliphatic heterocycles. The Hall–Kier alpha value is -2.91. The van der Waals surface area contributed by atoms with E-state index < -0.39 is 29.2 Å². The molecule has 0 saturated carbocycles. The topological polar surface area (TPSA) is 97.1 Å². The van der Waals surface area contributed by atoms with E-state index in [1.54, 1.807) is 0 Å². The van der Waals surface area contributed by atoms with Crippen LogP contribution in [-0.4, -0.2) is 31.7 Å². The summed E-state index contributed by atoms with van der Waals surface area (Å²) in [6.07, 6.45) is -0.531. The fraction of sp³-hybridized carbons (Fsp3) is 0.286. The smallest absolute Gasteiger partial charge is 0.417 e. The predicted molar refractivity (Wildman–Crippen MR) is 76.4 cm³/mol. The number of nitrogens with zero attached hydrogens (tertiary/aromatic N) is 3. The number of aliphatic carboxylic acids is 1. The number of alkyl halides is 3. The van der Waals surface area contributed by atoms with Gasteiger partial charge >= 0.3 is 12.1 Å². The Kier molecular flexibility index (Phi) is 4.32. The average molecular weight is 342 g/mol. The molecule has 7 nitrogen and oxygen atoms in total. The second-order valence-corrected chi connectivity index (χ2v) is 5.45. The van der Waals surface area contributed by atoms with Gasteiger partial charge in [0.15, 0.2) is 5.54 Å². The molecule has 0 aliphatic carbocycles. The molecule has 0 atom stereocenters. The van der Waals surface area contributed by atoms with Crippen molar-refractivity contribution in [3.63, 3.8) is 0 Å². The van der Waals surface area contributed by atoms with Gasteiger partial charge < -0.3 is 10.4 Å². The number of amides is 1. The van der Waals surface area contributed by atoms with Gasteiger partial charge in [-0.1, -0.05) is 0 Å². The van der Waals surface area contributed by atoms with Crippen molar-refractivity contribution in [2.75, 3.05) is 5.32 Å². The van der Waals surface area contributed by atoms with Crippen molar-refractivity contribution >= 4 is 17.6 Å². The van der Waals surface area contributed by atoms with Crippen LogP contribution in [0.25, 0.3) is 0 Å². The highest BCUT2D eigenvalue weighted by Crippen LogP contribution is 2.29. The Morgan fingerprint density at radius 3 is 2.46 bits per heavy atom. The lowest BCUT2D eigenvalue weighted by atomic mass is 10.1. The second kappa shape index (κ2) is 5.95. The number of aromatic nitrogens is 3. The number of carbonyl (C=O) groups is 2. The lowest BCUT2D eigenvalue weighted by Crippen LogP contribution is -2.35. The maximum Gasteiger partial charge on any atom is 0.417 e. The molecule has 0 unspecified atom stereocenters. The highest BCUT2D eigenvalue weighted by Gasteiger charge is 2.32. The number of carboxylic acid groups (broad SMARTS) is 1. The van der Waals surface area contributed by atoms with E-state index in [0.717, 1.165) is 10.9 Å². The van der Waals surface area contributed by atoms with Crippen molar-refractivity contribution in [3.8, 4) is 0 Å². The van der Waals surface area contributed by atoms with E-state index in [4.69, 9.17) is 5.11 Å². The summed E-state index contributed by atoms with van der Waals surface area (Å²) in [4.78, 5) is 26.6. The Labute approximate surface area is 134 Å². The fourth-order valence-corrected chi connectivity index (χ4v) is 1.71. The van der Waals surface area contributed by atoms with Gasteiger partial charge in [0.25, 0.3) is 5.91 Å². The Morgan fingerprint density at radius 1 is 1.21 bits per heavy atom. The molecule has 0 radical (unpaired) electrons.